The van der Waals surface area contributed by atoms with Crippen molar-refractivity contribution in [3.8, 4) is 21.9 Å². The highest BCUT2D eigenvalue weighted by atomic mass is 32.1. The molecule has 0 fully saturated rings. The van der Waals surface area contributed by atoms with E-state index in [-0.39, 0.29) is 5.82 Å². The van der Waals surface area contributed by atoms with Gasteiger partial charge in [-0.3, -0.25) is 0 Å². The third-order valence-electron chi connectivity index (χ3n) is 3.81. The normalized spacial score (nSPS) is 11.5. The van der Waals surface area contributed by atoms with E-state index >= 15 is 0 Å². The van der Waals surface area contributed by atoms with Crippen LogP contribution in [0, 0.1) is 12.7 Å². The minimum atomic E-state index is -0.264. The lowest BCUT2D eigenvalue weighted by Gasteiger charge is -1.95. The molecule has 24 heavy (non-hydrogen) atoms. The van der Waals surface area contributed by atoms with Crippen molar-refractivity contribution in [2.24, 2.45) is 0 Å². The van der Waals surface area contributed by atoms with Crippen molar-refractivity contribution < 1.29 is 8.81 Å². The zero-order valence-electron chi connectivity index (χ0n) is 13.3. The fraction of sp³-hybridized carbons (Fsp3) is 0.235. The maximum absolute atomic E-state index is 13.1. The second-order valence-corrected chi connectivity index (χ2v) is 6.51. The molecule has 0 radical (unpaired) electrons. The summed E-state index contributed by atoms with van der Waals surface area (Å²) in [5.41, 5.74) is 1.76. The van der Waals surface area contributed by atoms with E-state index in [0.717, 1.165) is 45.5 Å². The minimum absolute atomic E-state index is 0.264. The molecule has 0 aliphatic heterocycles. The molecule has 0 atom stereocenters. The Bertz CT molecular complexity index is 1000. The first kappa shape index (κ1) is 15.0. The molecule has 0 spiro atoms. The zero-order valence-corrected chi connectivity index (χ0v) is 14.1. The van der Waals surface area contributed by atoms with Crippen LogP contribution in [0.3, 0.4) is 0 Å². The Hall–Kier alpha value is -2.54. The molecule has 0 aliphatic rings. The average Bonchev–Trinajstić information content (AvgIpc) is 3.24. The number of nitrogens with zero attached hydrogens (tertiary/aromatic N) is 4. The molecule has 0 unspecified atom stereocenters. The van der Waals surface area contributed by atoms with Crippen molar-refractivity contribution in [1.29, 1.82) is 0 Å². The van der Waals surface area contributed by atoms with E-state index in [4.69, 9.17) is 4.42 Å². The molecular formula is C17H15FN4OS. The summed E-state index contributed by atoms with van der Waals surface area (Å²) in [6.45, 7) is 4.00. The number of rotatable bonds is 4. The number of hydrogen-bond acceptors (Lipinski definition) is 5. The second kappa shape index (κ2) is 5.83. The van der Waals surface area contributed by atoms with E-state index in [1.54, 1.807) is 16.6 Å². The fourth-order valence-electron chi connectivity index (χ4n) is 2.60. The number of aromatic nitrogens is 4. The van der Waals surface area contributed by atoms with Crippen molar-refractivity contribution in [3.05, 3.63) is 47.7 Å². The van der Waals surface area contributed by atoms with Gasteiger partial charge in [-0.05, 0) is 43.7 Å². The van der Waals surface area contributed by atoms with Gasteiger partial charge in [0.15, 0.2) is 10.8 Å². The van der Waals surface area contributed by atoms with Crippen molar-refractivity contribution >= 4 is 16.3 Å². The van der Waals surface area contributed by atoms with Crippen molar-refractivity contribution in [2.45, 2.75) is 26.7 Å². The van der Waals surface area contributed by atoms with Gasteiger partial charge in [0.05, 0.1) is 5.56 Å². The van der Waals surface area contributed by atoms with Gasteiger partial charge in [-0.25, -0.2) is 4.39 Å². The Morgan fingerprint density at radius 3 is 2.75 bits per heavy atom. The summed E-state index contributed by atoms with van der Waals surface area (Å²) in [5.74, 6) is 2.08. The molecule has 4 aromatic rings. The molecule has 0 amide bonds. The lowest BCUT2D eigenvalue weighted by atomic mass is 10.1. The third kappa shape index (κ3) is 2.50. The van der Waals surface area contributed by atoms with Crippen LogP contribution in [-0.2, 0) is 6.42 Å². The predicted octanol–water partition coefficient (Wildman–Crippen LogP) is 4.51. The standard InChI is InChI=1S/C17H15FN4OS/c1-3-4-15-19-20-17-22(15)21-16(24-17)13-9-14(23-10(13)2)11-5-7-12(18)8-6-11/h5-9H,3-4H2,1-2H3. The summed E-state index contributed by atoms with van der Waals surface area (Å²) in [7, 11) is 0. The molecule has 7 heteroatoms. The molecule has 0 N–H and O–H groups in total. The largest absolute Gasteiger partial charge is 0.461 e. The van der Waals surface area contributed by atoms with Gasteiger partial charge in [0, 0.05) is 12.0 Å². The molecule has 3 aromatic heterocycles. The van der Waals surface area contributed by atoms with Crippen LogP contribution in [0.2, 0.25) is 0 Å². The molecular weight excluding hydrogens is 327 g/mol. The number of aryl methyl sites for hydroxylation is 2. The van der Waals surface area contributed by atoms with Gasteiger partial charge < -0.3 is 4.42 Å². The quantitative estimate of drug-likeness (QED) is 0.547. The van der Waals surface area contributed by atoms with E-state index in [2.05, 4.69) is 22.2 Å². The van der Waals surface area contributed by atoms with E-state index in [9.17, 15) is 4.39 Å². The maximum Gasteiger partial charge on any atom is 0.234 e. The highest BCUT2D eigenvalue weighted by molar-refractivity contribution is 7.19. The lowest BCUT2D eigenvalue weighted by molar-refractivity contribution is 0.549. The summed E-state index contributed by atoms with van der Waals surface area (Å²) >= 11 is 1.48. The first-order valence-electron chi connectivity index (χ1n) is 7.73. The highest BCUT2D eigenvalue weighted by Crippen LogP contribution is 2.34. The van der Waals surface area contributed by atoms with Crippen LogP contribution in [0.4, 0.5) is 4.39 Å². The van der Waals surface area contributed by atoms with Gasteiger partial charge >= 0.3 is 0 Å². The van der Waals surface area contributed by atoms with Crippen LogP contribution < -0.4 is 0 Å². The number of benzene rings is 1. The van der Waals surface area contributed by atoms with Gasteiger partial charge in [0.25, 0.3) is 0 Å². The number of furan rings is 1. The lowest BCUT2D eigenvalue weighted by Crippen LogP contribution is -1.95. The number of halogens is 1. The summed E-state index contributed by atoms with van der Waals surface area (Å²) in [4.78, 5) is 0.775. The molecule has 0 aliphatic carbocycles. The molecule has 4 rings (SSSR count). The highest BCUT2D eigenvalue weighted by Gasteiger charge is 2.17. The number of hydrogen-bond donors (Lipinski definition) is 0. The molecule has 0 bridgehead atoms. The minimum Gasteiger partial charge on any atom is -0.461 e. The van der Waals surface area contributed by atoms with Gasteiger partial charge in [-0.15, -0.1) is 10.2 Å². The second-order valence-electron chi connectivity index (χ2n) is 5.56. The molecule has 0 saturated carbocycles. The molecule has 122 valence electrons. The predicted molar refractivity (Wildman–Crippen MR) is 90.5 cm³/mol. The Kier molecular flexibility index (Phi) is 3.65. The maximum atomic E-state index is 13.1. The number of fused-ring (bicyclic) bond motifs is 1. The Balaban J connectivity index is 1.75. The van der Waals surface area contributed by atoms with Gasteiger partial charge in [-0.2, -0.15) is 9.61 Å². The molecule has 1 aromatic carbocycles. The van der Waals surface area contributed by atoms with Crippen LogP contribution in [0.1, 0.15) is 24.9 Å². The Morgan fingerprint density at radius 2 is 2.00 bits per heavy atom. The van der Waals surface area contributed by atoms with Crippen LogP contribution in [-0.4, -0.2) is 19.8 Å². The summed E-state index contributed by atoms with van der Waals surface area (Å²) in [5, 5.41) is 13.8. The van der Waals surface area contributed by atoms with E-state index in [1.165, 1.54) is 23.5 Å². The zero-order chi connectivity index (χ0) is 16.7. The van der Waals surface area contributed by atoms with Gasteiger partial charge in [0.2, 0.25) is 4.96 Å². The molecule has 0 saturated heterocycles. The van der Waals surface area contributed by atoms with Crippen LogP contribution in [0.25, 0.3) is 26.9 Å². The fourth-order valence-corrected chi connectivity index (χ4v) is 3.52. The first-order chi connectivity index (χ1) is 11.7. The molecule has 5 nitrogen and oxygen atoms in total. The Labute approximate surface area is 141 Å². The van der Waals surface area contributed by atoms with E-state index in [1.807, 2.05) is 13.0 Å². The topological polar surface area (TPSA) is 56.2 Å². The van der Waals surface area contributed by atoms with Gasteiger partial charge in [-0.1, -0.05) is 18.3 Å². The summed E-state index contributed by atoms with van der Waals surface area (Å²) < 4.78 is 20.7. The van der Waals surface area contributed by atoms with Crippen molar-refractivity contribution in [2.75, 3.05) is 0 Å². The monoisotopic (exact) mass is 342 g/mol. The average molecular weight is 342 g/mol. The van der Waals surface area contributed by atoms with Crippen LogP contribution >= 0.6 is 11.3 Å². The summed E-state index contributed by atoms with van der Waals surface area (Å²) in [6.07, 6.45) is 1.84. The van der Waals surface area contributed by atoms with Crippen molar-refractivity contribution in [3.63, 3.8) is 0 Å². The van der Waals surface area contributed by atoms with Crippen molar-refractivity contribution in [1.82, 2.24) is 19.8 Å². The van der Waals surface area contributed by atoms with E-state index in [0.29, 0.717) is 5.76 Å². The van der Waals surface area contributed by atoms with E-state index < -0.39 is 0 Å². The third-order valence-corrected chi connectivity index (χ3v) is 4.74. The first-order valence-corrected chi connectivity index (χ1v) is 8.55. The van der Waals surface area contributed by atoms with Crippen LogP contribution in [0.5, 0.6) is 0 Å². The molecule has 3 heterocycles. The SMILES string of the molecule is CCCc1nnc2sc(-c3cc(-c4ccc(F)cc4)oc3C)nn12. The summed E-state index contributed by atoms with van der Waals surface area (Å²) in [6, 6.07) is 8.19. The smallest absolute Gasteiger partial charge is 0.234 e. The van der Waals surface area contributed by atoms with Gasteiger partial charge in [0.1, 0.15) is 17.3 Å². The Morgan fingerprint density at radius 1 is 1.21 bits per heavy atom. The van der Waals surface area contributed by atoms with Crippen LogP contribution in [0.15, 0.2) is 34.7 Å².